The summed E-state index contributed by atoms with van der Waals surface area (Å²) in [6.45, 7) is 2.34. The number of thiophene rings is 1. The van der Waals surface area contributed by atoms with Crippen LogP contribution in [0.3, 0.4) is 0 Å². The Labute approximate surface area is 104 Å². The fourth-order valence-corrected chi connectivity index (χ4v) is 3.02. The molecule has 0 radical (unpaired) electrons. The molecule has 1 atom stereocenters. The maximum absolute atomic E-state index is 11.8. The van der Waals surface area contributed by atoms with Gasteiger partial charge in [-0.1, -0.05) is 13.3 Å². The Kier molecular flexibility index (Phi) is 5.87. The van der Waals surface area contributed by atoms with Gasteiger partial charge in [-0.25, -0.2) is 0 Å². The maximum atomic E-state index is 11.8. The van der Waals surface area contributed by atoms with Gasteiger partial charge in [-0.05, 0) is 24.1 Å². The number of carbonyl (C=O) groups excluding carboxylic acids is 1. The van der Waals surface area contributed by atoms with E-state index in [2.05, 4.69) is 5.32 Å². The molecule has 1 rings (SSSR count). The topological polar surface area (TPSA) is 49.3 Å². The van der Waals surface area contributed by atoms with Crippen LogP contribution in [0.1, 0.15) is 29.4 Å². The molecule has 5 heteroatoms. The summed E-state index contributed by atoms with van der Waals surface area (Å²) in [6.07, 6.45) is 3.16. The van der Waals surface area contributed by atoms with Gasteiger partial charge in [0.2, 0.25) is 0 Å². The van der Waals surface area contributed by atoms with Crippen molar-refractivity contribution in [2.24, 2.45) is 0 Å². The second-order valence-electron chi connectivity index (χ2n) is 3.47. The molecule has 1 heterocycles. The molecular formula is C11H17NO2S2. The van der Waals surface area contributed by atoms with Crippen molar-refractivity contribution in [3.05, 3.63) is 16.3 Å². The van der Waals surface area contributed by atoms with Gasteiger partial charge >= 0.3 is 0 Å². The van der Waals surface area contributed by atoms with Gasteiger partial charge in [0.05, 0.1) is 6.10 Å². The van der Waals surface area contributed by atoms with Crippen LogP contribution in [-0.4, -0.2) is 29.9 Å². The minimum absolute atomic E-state index is 0.0884. The summed E-state index contributed by atoms with van der Waals surface area (Å²) in [5.74, 6) is -0.0884. The molecule has 1 unspecified atom stereocenters. The standard InChI is InChI=1S/C11H17NO2S2/c1-3-4-8(13)7-12-11(14)10-9(15-2)5-6-16-10/h5-6,8,13H,3-4,7H2,1-2H3,(H,12,14). The van der Waals surface area contributed by atoms with E-state index >= 15 is 0 Å². The molecular weight excluding hydrogens is 242 g/mol. The molecule has 1 aromatic heterocycles. The first-order valence-electron chi connectivity index (χ1n) is 5.26. The molecule has 3 nitrogen and oxygen atoms in total. The summed E-state index contributed by atoms with van der Waals surface area (Å²) in [4.78, 5) is 13.5. The number of thioether (sulfide) groups is 1. The number of rotatable bonds is 6. The summed E-state index contributed by atoms with van der Waals surface area (Å²) < 4.78 is 0. The van der Waals surface area contributed by atoms with Crippen molar-refractivity contribution >= 4 is 29.0 Å². The number of nitrogens with one attached hydrogen (secondary N) is 1. The van der Waals surface area contributed by atoms with E-state index in [0.717, 1.165) is 22.6 Å². The van der Waals surface area contributed by atoms with Crippen LogP contribution >= 0.6 is 23.1 Å². The van der Waals surface area contributed by atoms with Crippen LogP contribution in [0, 0.1) is 0 Å². The van der Waals surface area contributed by atoms with Crippen molar-refractivity contribution in [3.63, 3.8) is 0 Å². The van der Waals surface area contributed by atoms with E-state index in [-0.39, 0.29) is 5.91 Å². The average Bonchev–Trinajstić information content (AvgIpc) is 2.74. The zero-order valence-electron chi connectivity index (χ0n) is 9.53. The van der Waals surface area contributed by atoms with E-state index in [1.54, 1.807) is 11.8 Å². The van der Waals surface area contributed by atoms with Crippen LogP contribution in [0.2, 0.25) is 0 Å². The Morgan fingerprint density at radius 1 is 1.69 bits per heavy atom. The second-order valence-corrected chi connectivity index (χ2v) is 5.23. The molecule has 16 heavy (non-hydrogen) atoms. The Morgan fingerprint density at radius 2 is 2.44 bits per heavy atom. The maximum Gasteiger partial charge on any atom is 0.262 e. The Hall–Kier alpha value is -0.520. The average molecular weight is 259 g/mol. The van der Waals surface area contributed by atoms with Gasteiger partial charge in [-0.15, -0.1) is 23.1 Å². The molecule has 0 saturated carbocycles. The minimum Gasteiger partial charge on any atom is -0.391 e. The van der Waals surface area contributed by atoms with Gasteiger partial charge in [0.15, 0.2) is 0 Å². The summed E-state index contributed by atoms with van der Waals surface area (Å²) >= 11 is 2.99. The van der Waals surface area contributed by atoms with Gasteiger partial charge in [0.1, 0.15) is 4.88 Å². The first kappa shape index (κ1) is 13.5. The van der Waals surface area contributed by atoms with E-state index in [0.29, 0.717) is 6.54 Å². The molecule has 1 amide bonds. The first-order valence-corrected chi connectivity index (χ1v) is 7.37. The van der Waals surface area contributed by atoms with Crippen molar-refractivity contribution in [1.82, 2.24) is 5.32 Å². The lowest BCUT2D eigenvalue weighted by atomic mass is 10.2. The highest BCUT2D eigenvalue weighted by Gasteiger charge is 2.13. The molecule has 0 fully saturated rings. The monoisotopic (exact) mass is 259 g/mol. The highest BCUT2D eigenvalue weighted by Crippen LogP contribution is 2.25. The van der Waals surface area contributed by atoms with Crippen molar-refractivity contribution in [2.45, 2.75) is 30.8 Å². The lowest BCUT2D eigenvalue weighted by Gasteiger charge is -2.10. The molecule has 0 saturated heterocycles. The van der Waals surface area contributed by atoms with E-state index in [9.17, 15) is 9.90 Å². The molecule has 0 spiro atoms. The summed E-state index contributed by atoms with van der Waals surface area (Å²) in [6, 6.07) is 1.94. The van der Waals surface area contributed by atoms with Crippen LogP contribution in [0.5, 0.6) is 0 Å². The third-order valence-electron chi connectivity index (χ3n) is 2.18. The van der Waals surface area contributed by atoms with Crippen LogP contribution < -0.4 is 5.32 Å². The van der Waals surface area contributed by atoms with Crippen LogP contribution in [0.4, 0.5) is 0 Å². The highest BCUT2D eigenvalue weighted by molar-refractivity contribution is 7.98. The number of aliphatic hydroxyl groups excluding tert-OH is 1. The lowest BCUT2D eigenvalue weighted by molar-refractivity contribution is 0.0911. The number of carbonyl (C=O) groups is 1. The zero-order valence-corrected chi connectivity index (χ0v) is 11.2. The van der Waals surface area contributed by atoms with E-state index in [1.165, 1.54) is 11.3 Å². The fraction of sp³-hybridized carbons (Fsp3) is 0.545. The molecule has 0 aliphatic heterocycles. The van der Waals surface area contributed by atoms with Gasteiger partial charge in [-0.2, -0.15) is 0 Å². The Bertz CT molecular complexity index is 338. The second kappa shape index (κ2) is 6.93. The molecule has 0 aromatic carbocycles. The third-order valence-corrected chi connectivity index (χ3v) is 4.00. The van der Waals surface area contributed by atoms with Gasteiger partial charge < -0.3 is 10.4 Å². The molecule has 90 valence electrons. The number of aliphatic hydroxyl groups is 1. The summed E-state index contributed by atoms with van der Waals surface area (Å²) in [5.41, 5.74) is 0. The third kappa shape index (κ3) is 3.81. The lowest BCUT2D eigenvalue weighted by Crippen LogP contribution is -2.31. The van der Waals surface area contributed by atoms with Gasteiger partial charge in [-0.3, -0.25) is 4.79 Å². The number of hydrogen-bond acceptors (Lipinski definition) is 4. The van der Waals surface area contributed by atoms with E-state index < -0.39 is 6.10 Å². The fourth-order valence-electron chi connectivity index (χ4n) is 1.35. The Balaban J connectivity index is 2.46. The van der Waals surface area contributed by atoms with Crippen LogP contribution in [0.15, 0.2) is 16.3 Å². The molecule has 1 aromatic rings. The summed E-state index contributed by atoms with van der Waals surface area (Å²) in [7, 11) is 0. The zero-order chi connectivity index (χ0) is 12.0. The van der Waals surface area contributed by atoms with Crippen LogP contribution in [-0.2, 0) is 0 Å². The van der Waals surface area contributed by atoms with Crippen LogP contribution in [0.25, 0.3) is 0 Å². The molecule has 0 aliphatic carbocycles. The van der Waals surface area contributed by atoms with Gasteiger partial charge in [0, 0.05) is 11.4 Å². The molecule has 2 N–H and O–H groups in total. The smallest absolute Gasteiger partial charge is 0.262 e. The molecule has 0 bridgehead atoms. The predicted octanol–water partition coefficient (Wildman–Crippen LogP) is 2.36. The normalized spacial score (nSPS) is 12.4. The van der Waals surface area contributed by atoms with E-state index in [1.807, 2.05) is 24.6 Å². The summed E-state index contributed by atoms with van der Waals surface area (Å²) in [5, 5.41) is 14.2. The SMILES string of the molecule is CCCC(O)CNC(=O)c1sccc1SC. The van der Waals surface area contributed by atoms with Crippen molar-refractivity contribution < 1.29 is 9.90 Å². The highest BCUT2D eigenvalue weighted by atomic mass is 32.2. The largest absolute Gasteiger partial charge is 0.391 e. The number of hydrogen-bond donors (Lipinski definition) is 2. The quantitative estimate of drug-likeness (QED) is 0.771. The van der Waals surface area contributed by atoms with Gasteiger partial charge in [0.25, 0.3) is 5.91 Å². The van der Waals surface area contributed by atoms with Crippen molar-refractivity contribution in [3.8, 4) is 0 Å². The number of amides is 1. The minimum atomic E-state index is -0.438. The molecule has 0 aliphatic rings. The Morgan fingerprint density at radius 3 is 3.06 bits per heavy atom. The first-order chi connectivity index (χ1) is 7.69. The van der Waals surface area contributed by atoms with Crippen molar-refractivity contribution in [1.29, 1.82) is 0 Å². The predicted molar refractivity (Wildman–Crippen MR) is 69.3 cm³/mol. The van der Waals surface area contributed by atoms with E-state index in [4.69, 9.17) is 0 Å². The van der Waals surface area contributed by atoms with Crippen molar-refractivity contribution in [2.75, 3.05) is 12.8 Å².